The van der Waals surface area contributed by atoms with Crippen molar-refractivity contribution in [2.24, 2.45) is 11.7 Å². The van der Waals surface area contributed by atoms with Gasteiger partial charge in [0, 0.05) is 18.6 Å². The van der Waals surface area contributed by atoms with Gasteiger partial charge in [0.1, 0.15) is 0 Å². The summed E-state index contributed by atoms with van der Waals surface area (Å²) >= 11 is 0. The van der Waals surface area contributed by atoms with Gasteiger partial charge in [0.05, 0.1) is 12.7 Å². The molecule has 0 aromatic rings. The van der Waals surface area contributed by atoms with Gasteiger partial charge in [0.25, 0.3) is 0 Å². The monoisotopic (exact) mass is 173 g/mol. The zero-order valence-corrected chi connectivity index (χ0v) is 7.70. The number of aliphatic hydroxyl groups excluding tert-OH is 1. The predicted molar refractivity (Wildman–Crippen MR) is 47.8 cm³/mol. The minimum absolute atomic E-state index is 0.196. The summed E-state index contributed by atoms with van der Waals surface area (Å²) in [6, 6.07) is 0.218. The maximum Gasteiger partial charge on any atom is 0.0726 e. The third-order valence-corrected chi connectivity index (χ3v) is 2.41. The molecule has 1 saturated carbocycles. The maximum atomic E-state index is 8.76. The van der Waals surface area contributed by atoms with Gasteiger partial charge in [-0.3, -0.25) is 0 Å². The lowest BCUT2D eigenvalue weighted by Gasteiger charge is -2.18. The fourth-order valence-corrected chi connectivity index (χ4v) is 1.50. The molecule has 0 aromatic carbocycles. The van der Waals surface area contributed by atoms with Gasteiger partial charge in [-0.05, 0) is 19.3 Å². The molecule has 3 atom stereocenters. The molecule has 12 heavy (non-hydrogen) atoms. The van der Waals surface area contributed by atoms with Crippen LogP contribution in [0.15, 0.2) is 0 Å². The van der Waals surface area contributed by atoms with Crippen molar-refractivity contribution in [1.82, 2.24) is 0 Å². The maximum absolute atomic E-state index is 8.76. The van der Waals surface area contributed by atoms with Crippen LogP contribution in [-0.2, 0) is 4.74 Å². The summed E-state index contributed by atoms with van der Waals surface area (Å²) < 4.78 is 5.58. The van der Waals surface area contributed by atoms with Crippen molar-refractivity contribution < 1.29 is 9.84 Å². The summed E-state index contributed by atoms with van der Waals surface area (Å²) in [7, 11) is 0. The Balaban J connectivity index is 2.13. The Morgan fingerprint density at radius 3 is 2.83 bits per heavy atom. The van der Waals surface area contributed by atoms with Gasteiger partial charge in [-0.25, -0.2) is 0 Å². The lowest BCUT2D eigenvalue weighted by molar-refractivity contribution is 0.0160. The predicted octanol–water partition coefficient (Wildman–Crippen LogP) is 0.511. The zero-order chi connectivity index (χ0) is 8.97. The summed E-state index contributed by atoms with van der Waals surface area (Å²) in [4.78, 5) is 0. The number of rotatable bonds is 4. The number of ether oxygens (including phenoxy) is 1. The summed E-state index contributed by atoms with van der Waals surface area (Å²) in [5.74, 6) is 0.234. The summed E-state index contributed by atoms with van der Waals surface area (Å²) in [5, 5.41) is 8.76. The number of aliphatic hydroxyl groups is 1. The van der Waals surface area contributed by atoms with Crippen LogP contribution in [-0.4, -0.2) is 30.5 Å². The van der Waals surface area contributed by atoms with Gasteiger partial charge < -0.3 is 15.6 Å². The fourth-order valence-electron chi connectivity index (χ4n) is 1.50. The molecule has 0 radical (unpaired) electrons. The molecule has 0 aliphatic heterocycles. The first-order valence-corrected chi connectivity index (χ1v) is 4.72. The van der Waals surface area contributed by atoms with Gasteiger partial charge in [0.15, 0.2) is 0 Å². The SMILES string of the molecule is CC(CO)COC1CCCC1N. The van der Waals surface area contributed by atoms with Crippen LogP contribution in [0.2, 0.25) is 0 Å². The van der Waals surface area contributed by atoms with E-state index in [4.69, 9.17) is 15.6 Å². The van der Waals surface area contributed by atoms with E-state index in [9.17, 15) is 0 Å². The highest BCUT2D eigenvalue weighted by Gasteiger charge is 2.24. The minimum Gasteiger partial charge on any atom is -0.396 e. The third kappa shape index (κ3) is 2.73. The van der Waals surface area contributed by atoms with Crippen molar-refractivity contribution in [3.05, 3.63) is 0 Å². The van der Waals surface area contributed by atoms with E-state index in [0.717, 1.165) is 12.8 Å². The highest BCUT2D eigenvalue weighted by molar-refractivity contribution is 4.80. The molecule has 3 heteroatoms. The van der Waals surface area contributed by atoms with E-state index in [-0.39, 0.29) is 24.7 Å². The van der Waals surface area contributed by atoms with Crippen molar-refractivity contribution in [3.8, 4) is 0 Å². The van der Waals surface area contributed by atoms with E-state index in [2.05, 4.69) is 0 Å². The van der Waals surface area contributed by atoms with Crippen LogP contribution in [0.5, 0.6) is 0 Å². The molecule has 0 bridgehead atoms. The Morgan fingerprint density at radius 1 is 1.58 bits per heavy atom. The van der Waals surface area contributed by atoms with Gasteiger partial charge in [-0.15, -0.1) is 0 Å². The van der Waals surface area contributed by atoms with Crippen LogP contribution in [0.25, 0.3) is 0 Å². The second-order valence-corrected chi connectivity index (χ2v) is 3.75. The van der Waals surface area contributed by atoms with Crippen molar-refractivity contribution in [1.29, 1.82) is 0 Å². The van der Waals surface area contributed by atoms with E-state index in [1.165, 1.54) is 6.42 Å². The molecule has 1 rings (SSSR count). The molecular weight excluding hydrogens is 154 g/mol. The van der Waals surface area contributed by atoms with Crippen molar-refractivity contribution in [2.45, 2.75) is 38.3 Å². The first-order valence-electron chi connectivity index (χ1n) is 4.72. The van der Waals surface area contributed by atoms with Crippen LogP contribution >= 0.6 is 0 Å². The van der Waals surface area contributed by atoms with Crippen LogP contribution in [0.1, 0.15) is 26.2 Å². The molecule has 1 fully saturated rings. The Hall–Kier alpha value is -0.120. The van der Waals surface area contributed by atoms with E-state index < -0.39 is 0 Å². The topological polar surface area (TPSA) is 55.5 Å². The molecule has 0 saturated heterocycles. The molecule has 3 nitrogen and oxygen atoms in total. The lowest BCUT2D eigenvalue weighted by Crippen LogP contribution is -2.32. The molecular formula is C9H19NO2. The first-order chi connectivity index (χ1) is 5.74. The smallest absolute Gasteiger partial charge is 0.0726 e. The largest absolute Gasteiger partial charge is 0.396 e. The molecule has 72 valence electrons. The lowest BCUT2D eigenvalue weighted by atomic mass is 10.2. The van der Waals surface area contributed by atoms with Gasteiger partial charge in [0.2, 0.25) is 0 Å². The van der Waals surface area contributed by atoms with E-state index >= 15 is 0 Å². The van der Waals surface area contributed by atoms with Gasteiger partial charge in [-0.1, -0.05) is 6.92 Å². The first kappa shape index (κ1) is 9.96. The quantitative estimate of drug-likeness (QED) is 0.651. The summed E-state index contributed by atoms with van der Waals surface area (Å²) in [6.07, 6.45) is 3.58. The van der Waals surface area contributed by atoms with Crippen molar-refractivity contribution in [3.63, 3.8) is 0 Å². The van der Waals surface area contributed by atoms with Crippen molar-refractivity contribution in [2.75, 3.05) is 13.2 Å². The van der Waals surface area contributed by atoms with Crippen LogP contribution in [0.4, 0.5) is 0 Å². The van der Waals surface area contributed by atoms with E-state index in [0.29, 0.717) is 6.61 Å². The number of hydrogen-bond donors (Lipinski definition) is 2. The number of nitrogens with two attached hydrogens (primary N) is 1. The standard InChI is InChI=1S/C9H19NO2/c1-7(5-11)6-12-9-4-2-3-8(9)10/h7-9,11H,2-6,10H2,1H3. The average molecular weight is 173 g/mol. The van der Waals surface area contributed by atoms with Crippen LogP contribution in [0.3, 0.4) is 0 Å². The summed E-state index contributed by atoms with van der Waals surface area (Å²) in [6.45, 7) is 2.80. The molecule has 1 aliphatic carbocycles. The van der Waals surface area contributed by atoms with E-state index in [1.54, 1.807) is 0 Å². The highest BCUT2D eigenvalue weighted by atomic mass is 16.5. The molecule has 3 unspecified atom stereocenters. The highest BCUT2D eigenvalue weighted by Crippen LogP contribution is 2.20. The normalized spacial score (nSPS) is 32.2. The molecule has 0 heterocycles. The fraction of sp³-hybridized carbons (Fsp3) is 1.00. The van der Waals surface area contributed by atoms with Crippen LogP contribution < -0.4 is 5.73 Å². The minimum atomic E-state index is 0.196. The molecule has 0 aromatic heterocycles. The Bertz CT molecular complexity index is 130. The third-order valence-electron chi connectivity index (χ3n) is 2.41. The van der Waals surface area contributed by atoms with E-state index in [1.807, 2.05) is 6.92 Å². The Labute approximate surface area is 73.9 Å². The zero-order valence-electron chi connectivity index (χ0n) is 7.70. The van der Waals surface area contributed by atoms with Crippen molar-refractivity contribution >= 4 is 0 Å². The second-order valence-electron chi connectivity index (χ2n) is 3.75. The summed E-state index contributed by atoms with van der Waals surface area (Å²) in [5.41, 5.74) is 5.82. The molecule has 3 N–H and O–H groups in total. The number of hydrogen-bond acceptors (Lipinski definition) is 3. The van der Waals surface area contributed by atoms with Gasteiger partial charge >= 0.3 is 0 Å². The Morgan fingerprint density at radius 2 is 2.33 bits per heavy atom. The molecule has 1 aliphatic rings. The molecule has 0 amide bonds. The average Bonchev–Trinajstić information content (AvgIpc) is 2.47. The Kier molecular flexibility index (Phi) is 3.98. The second kappa shape index (κ2) is 4.80. The van der Waals surface area contributed by atoms with Crippen LogP contribution in [0, 0.1) is 5.92 Å². The van der Waals surface area contributed by atoms with Gasteiger partial charge in [-0.2, -0.15) is 0 Å². The molecule has 0 spiro atoms.